The number of aryl methyl sites for hydroxylation is 1. The highest BCUT2D eigenvalue weighted by atomic mass is 35.5. The summed E-state index contributed by atoms with van der Waals surface area (Å²) in [7, 11) is 0. The summed E-state index contributed by atoms with van der Waals surface area (Å²) in [6.07, 6.45) is 10.3. The number of hydrogen-bond donors (Lipinski definition) is 3. The van der Waals surface area contributed by atoms with Crippen LogP contribution in [0.25, 0.3) is 12.2 Å². The number of morpholine rings is 2. The molecule has 8 rings (SSSR count). The van der Waals surface area contributed by atoms with Gasteiger partial charge in [-0.2, -0.15) is 15.2 Å². The molecule has 4 N–H and O–H groups in total. The summed E-state index contributed by atoms with van der Waals surface area (Å²) in [5, 5.41) is 33.4. The maximum Gasteiger partial charge on any atom is 0.430 e. The fourth-order valence-corrected chi connectivity index (χ4v) is 7.28. The van der Waals surface area contributed by atoms with Crippen molar-refractivity contribution in [3.05, 3.63) is 70.6 Å². The number of cyclic esters (lactones) is 1. The Bertz CT molecular complexity index is 1990. The van der Waals surface area contributed by atoms with E-state index in [0.29, 0.717) is 37.9 Å². The van der Waals surface area contributed by atoms with E-state index >= 15 is 0 Å². The van der Waals surface area contributed by atoms with Crippen molar-refractivity contribution in [1.29, 1.82) is 0 Å². The van der Waals surface area contributed by atoms with E-state index in [2.05, 4.69) is 52.5 Å². The van der Waals surface area contributed by atoms with Crippen LogP contribution < -0.4 is 28.0 Å². The van der Waals surface area contributed by atoms with Crippen molar-refractivity contribution >= 4 is 64.9 Å². The van der Waals surface area contributed by atoms with Crippen LogP contribution >= 0.6 is 11.3 Å². The van der Waals surface area contributed by atoms with Crippen molar-refractivity contribution in [3.63, 3.8) is 0 Å². The van der Waals surface area contributed by atoms with Gasteiger partial charge in [-0.15, -0.1) is 10.2 Å². The van der Waals surface area contributed by atoms with Crippen molar-refractivity contribution in [1.82, 2.24) is 39.9 Å². The normalized spacial score (nSPS) is 17.6. The summed E-state index contributed by atoms with van der Waals surface area (Å²) in [5.41, 5.74) is 9.13. The van der Waals surface area contributed by atoms with E-state index in [1.165, 1.54) is 32.0 Å². The van der Waals surface area contributed by atoms with Crippen molar-refractivity contribution < 1.29 is 50.7 Å². The Kier molecular flexibility index (Phi) is 33.9. The third-order valence-corrected chi connectivity index (χ3v) is 10.5. The Morgan fingerprint density at radius 2 is 1.49 bits per heavy atom. The fourth-order valence-electron chi connectivity index (χ4n) is 6.33. The predicted molar refractivity (Wildman–Crippen MR) is 269 cm³/mol. The first-order valence-corrected chi connectivity index (χ1v) is 21.8. The van der Waals surface area contributed by atoms with Gasteiger partial charge in [-0.3, -0.25) is 24.9 Å². The number of nitrogen functional groups attached to an aromatic ring is 1. The zero-order chi connectivity index (χ0) is 45.4. The van der Waals surface area contributed by atoms with Crippen LogP contribution in [-0.2, 0) is 32.2 Å². The first-order chi connectivity index (χ1) is 30.6. The minimum atomic E-state index is -0.351. The van der Waals surface area contributed by atoms with E-state index in [1.54, 1.807) is 43.5 Å². The van der Waals surface area contributed by atoms with Crippen molar-refractivity contribution in [2.24, 2.45) is 10.2 Å². The minimum absolute atomic E-state index is 0. The van der Waals surface area contributed by atoms with Crippen LogP contribution in [0.1, 0.15) is 80.2 Å². The van der Waals surface area contributed by atoms with E-state index in [0.717, 1.165) is 70.4 Å². The summed E-state index contributed by atoms with van der Waals surface area (Å²) in [4.78, 5) is 44.5. The number of pyridine rings is 1. The average Bonchev–Trinajstić information content (AvgIpc) is 4.07. The Hall–Kier alpha value is -5.42. The third kappa shape index (κ3) is 21.7. The number of thiazole rings is 1. The van der Waals surface area contributed by atoms with Crippen LogP contribution in [0.2, 0.25) is 0 Å². The zero-order valence-corrected chi connectivity index (χ0v) is 38.9. The molecule has 1 unspecified atom stereocenters. The first-order valence-electron chi connectivity index (χ1n) is 20.9. The standard InChI is InChI=1S/C10H16N4O3.C10H17N3O3.C9H11NO.C7H9N3.C6H8N2S.4CH4.ClH/c1-2-11-14-7-9(15)13(10(14)16)8-12-3-5-17-6-4-12;1-2-11-13-8-9(16-10(13)14)7-12-3-5-15-6-4-12;1-2-4-8-5-3-6-9(7-11)10-8;1-2-3-6-4-5-7(8)10-9-6;1-5-4-9-6-7-2-3-8(5)6;;;;;/h2H,3-8H2,1H3;2,9H,3-8H2,1H3;2-6,11H,7H2,1H3;2-5H,1H3,(H2,8,10);4H,2-3H2,1H3;4*1H4;1H/b2*11-2+;;;;;;;;. The number of aromatic nitrogens is 4. The van der Waals surface area contributed by atoms with Gasteiger partial charge in [0, 0.05) is 50.5 Å². The molecule has 5 aliphatic rings. The molecule has 4 amide bonds. The maximum absolute atomic E-state index is 11.8. The van der Waals surface area contributed by atoms with E-state index < -0.39 is 0 Å². The number of hydrogen-bond acceptors (Lipinski definition) is 17. The number of allylic oxidation sites excluding steroid dienone is 2. The van der Waals surface area contributed by atoms with Crippen LogP contribution in [0.5, 0.6) is 0 Å². The molecule has 3 aromatic heterocycles. The quantitative estimate of drug-likeness (QED) is 0.160. The lowest BCUT2D eigenvalue weighted by Crippen LogP contribution is -3.00. The molecule has 22 heteroatoms. The number of nitrogens with two attached hydrogens (primary N) is 1. The largest absolute Gasteiger partial charge is 1.00 e. The topological polar surface area (TPSA) is 221 Å². The summed E-state index contributed by atoms with van der Waals surface area (Å²) in [5.74, 6) is 0.250. The Balaban J connectivity index is 0. The first kappa shape index (κ1) is 64.7. The lowest BCUT2D eigenvalue weighted by molar-refractivity contribution is -0.672. The molecule has 382 valence electrons. The molecule has 0 aromatic carbocycles. The number of carbonyl (C=O) groups is 3. The molecule has 68 heavy (non-hydrogen) atoms. The molecule has 8 heterocycles. The predicted octanol–water partition coefficient (Wildman–Crippen LogP) is 2.71. The number of nitrogens with zero attached hydrogens (tertiary/aromatic N) is 11. The van der Waals surface area contributed by atoms with Gasteiger partial charge in [-0.05, 0) is 71.0 Å². The summed E-state index contributed by atoms with van der Waals surface area (Å²) in [6.45, 7) is 19.6. The van der Waals surface area contributed by atoms with Crippen molar-refractivity contribution in [2.75, 3.05) is 96.5 Å². The Morgan fingerprint density at radius 1 is 0.868 bits per heavy atom. The molecule has 3 aromatic rings. The van der Waals surface area contributed by atoms with Gasteiger partial charge in [-0.1, -0.05) is 59.3 Å². The lowest BCUT2D eigenvalue weighted by atomic mass is 10.3. The second kappa shape index (κ2) is 35.7. The molecule has 0 radical (unpaired) electrons. The molecule has 4 fully saturated rings. The van der Waals surface area contributed by atoms with Crippen LogP contribution in [0.4, 0.5) is 20.5 Å². The number of hydrazone groups is 2. The number of aliphatic hydroxyl groups is 1. The number of imide groups is 1. The minimum Gasteiger partial charge on any atom is -1.00 e. The number of amides is 4. The smallest absolute Gasteiger partial charge is 0.430 e. The third-order valence-electron chi connectivity index (χ3n) is 9.41. The lowest BCUT2D eigenvalue weighted by Gasteiger charge is -2.29. The van der Waals surface area contributed by atoms with Gasteiger partial charge in [0.25, 0.3) is 5.91 Å². The number of aliphatic hydroxyl groups excluding tert-OH is 1. The number of ether oxygens (including phenoxy) is 3. The number of carbonyl (C=O) groups excluding carboxylic acids is 3. The van der Waals surface area contributed by atoms with Gasteiger partial charge in [0.2, 0.25) is 0 Å². The van der Waals surface area contributed by atoms with Crippen LogP contribution in [0, 0.1) is 6.92 Å². The molecule has 0 spiro atoms. The fraction of sp³-hybridized carbons (Fsp3) is 0.543. The van der Waals surface area contributed by atoms with Gasteiger partial charge in [0.05, 0.1) is 63.3 Å². The summed E-state index contributed by atoms with van der Waals surface area (Å²) < 4.78 is 18.0. The number of rotatable bonds is 9. The molecule has 5 aliphatic heterocycles. The number of nitrogens with one attached hydrogen (secondary N) is 1. The van der Waals surface area contributed by atoms with Crippen molar-refractivity contribution in [3.8, 4) is 0 Å². The molecule has 4 saturated heterocycles. The zero-order valence-electron chi connectivity index (χ0n) is 37.3. The Morgan fingerprint density at radius 3 is 2.06 bits per heavy atom. The SMILES string of the molecule is C.C.C.C.C/C=N/N1CC(=O)N(CN2CCOCC2)C1=O.C/C=N/N1CC(CN2CCOCC2)OC1=O.CC=Cc1ccc(N)nn1.CC=Cc1cccc(CO)n1.Cc1csc2[n+]1CCN2.[Cl-]. The van der Waals surface area contributed by atoms with Gasteiger partial charge in [0.15, 0.2) is 0 Å². The maximum atomic E-state index is 11.8. The van der Waals surface area contributed by atoms with Crippen LogP contribution in [0.3, 0.4) is 0 Å². The van der Waals surface area contributed by atoms with Gasteiger partial charge in [0.1, 0.15) is 37.3 Å². The van der Waals surface area contributed by atoms with E-state index in [1.807, 2.05) is 61.3 Å². The van der Waals surface area contributed by atoms with Gasteiger partial charge in [-0.25, -0.2) is 24.1 Å². The monoisotopic (exact) mass is 992 g/mol. The van der Waals surface area contributed by atoms with Gasteiger partial charge < -0.3 is 37.5 Å². The number of urea groups is 1. The number of anilines is 2. The second-order valence-corrected chi connectivity index (χ2v) is 15.0. The number of halogens is 1. The van der Waals surface area contributed by atoms with E-state index in [4.69, 9.17) is 25.1 Å². The number of fused-ring (bicyclic) bond motifs is 1. The molecule has 0 aliphatic carbocycles. The average molecular weight is 993 g/mol. The molecule has 0 bridgehead atoms. The Labute approximate surface area is 414 Å². The highest BCUT2D eigenvalue weighted by Crippen LogP contribution is 2.16. The van der Waals surface area contributed by atoms with E-state index in [9.17, 15) is 14.4 Å². The summed E-state index contributed by atoms with van der Waals surface area (Å²) >= 11 is 1.79. The van der Waals surface area contributed by atoms with Crippen LogP contribution in [0.15, 0.2) is 58.1 Å². The highest BCUT2D eigenvalue weighted by Gasteiger charge is 2.37. The molecular formula is C46H78ClN13O7S. The molecule has 20 nitrogen and oxygen atoms in total. The van der Waals surface area contributed by atoms with E-state index in [-0.39, 0.29) is 79.4 Å². The highest BCUT2D eigenvalue weighted by molar-refractivity contribution is 7.13. The van der Waals surface area contributed by atoms with Crippen LogP contribution in [-0.4, -0.2) is 167 Å². The van der Waals surface area contributed by atoms with Gasteiger partial charge >= 0.3 is 17.3 Å². The second-order valence-electron chi connectivity index (χ2n) is 14.1. The summed E-state index contributed by atoms with van der Waals surface area (Å²) in [6, 6.07) is 8.78. The molecule has 1 atom stereocenters. The molecule has 0 saturated carbocycles. The van der Waals surface area contributed by atoms with Crippen molar-refractivity contribution in [2.45, 2.75) is 83.6 Å². The molecular weight excluding hydrogens is 914 g/mol.